The summed E-state index contributed by atoms with van der Waals surface area (Å²) in [4.78, 5) is 12.0. The van der Waals surface area contributed by atoms with Crippen molar-refractivity contribution < 1.29 is 17.9 Å². The molecule has 0 bridgehead atoms. The van der Waals surface area contributed by atoms with Crippen molar-refractivity contribution >= 4 is 21.6 Å². The summed E-state index contributed by atoms with van der Waals surface area (Å²) in [7, 11) is -3.22. The highest BCUT2D eigenvalue weighted by Gasteiger charge is 2.15. The van der Waals surface area contributed by atoms with E-state index in [0.29, 0.717) is 31.9 Å². The SMILES string of the molecule is CC(C)S(=O)(=O)NCCCCC(=O)Nc1ccc(OC2CCCCC2)cc1. The second-order valence-electron chi connectivity index (χ2n) is 7.40. The first-order valence-corrected chi connectivity index (χ1v) is 11.5. The van der Waals surface area contributed by atoms with Crippen molar-refractivity contribution in [3.63, 3.8) is 0 Å². The van der Waals surface area contributed by atoms with Gasteiger partial charge in [0.15, 0.2) is 0 Å². The molecule has 1 aromatic rings. The molecular weight excluding hydrogens is 364 g/mol. The maximum Gasteiger partial charge on any atom is 0.224 e. The molecule has 1 amide bonds. The zero-order valence-corrected chi connectivity index (χ0v) is 17.2. The van der Waals surface area contributed by atoms with Gasteiger partial charge in [-0.3, -0.25) is 4.79 Å². The van der Waals surface area contributed by atoms with Gasteiger partial charge in [0, 0.05) is 18.7 Å². The van der Waals surface area contributed by atoms with Crippen LogP contribution in [0.3, 0.4) is 0 Å². The Labute approximate surface area is 163 Å². The Morgan fingerprint density at radius 1 is 1.11 bits per heavy atom. The van der Waals surface area contributed by atoms with Gasteiger partial charge in [0.1, 0.15) is 5.75 Å². The number of amides is 1. The summed E-state index contributed by atoms with van der Waals surface area (Å²) in [5.41, 5.74) is 0.747. The molecule has 2 rings (SSSR count). The zero-order chi connectivity index (χ0) is 19.7. The molecule has 7 heteroatoms. The Morgan fingerprint density at radius 3 is 2.41 bits per heavy atom. The van der Waals surface area contributed by atoms with E-state index in [9.17, 15) is 13.2 Å². The van der Waals surface area contributed by atoms with Crippen LogP contribution in [0, 0.1) is 0 Å². The van der Waals surface area contributed by atoms with E-state index in [1.807, 2.05) is 24.3 Å². The second-order valence-corrected chi connectivity index (χ2v) is 9.72. The van der Waals surface area contributed by atoms with E-state index >= 15 is 0 Å². The topological polar surface area (TPSA) is 84.5 Å². The molecule has 2 N–H and O–H groups in total. The van der Waals surface area contributed by atoms with Crippen LogP contribution < -0.4 is 14.8 Å². The molecule has 0 saturated heterocycles. The van der Waals surface area contributed by atoms with E-state index in [0.717, 1.165) is 24.3 Å². The summed E-state index contributed by atoms with van der Waals surface area (Å²) < 4.78 is 31.8. The van der Waals surface area contributed by atoms with Gasteiger partial charge in [-0.25, -0.2) is 13.1 Å². The van der Waals surface area contributed by atoms with Gasteiger partial charge in [-0.15, -0.1) is 0 Å². The van der Waals surface area contributed by atoms with Crippen LogP contribution in [-0.4, -0.2) is 32.2 Å². The maximum atomic E-state index is 12.0. The molecule has 27 heavy (non-hydrogen) atoms. The Hall–Kier alpha value is -1.60. The summed E-state index contributed by atoms with van der Waals surface area (Å²) >= 11 is 0. The molecule has 6 nitrogen and oxygen atoms in total. The van der Waals surface area contributed by atoms with Crippen molar-refractivity contribution in [3.05, 3.63) is 24.3 Å². The number of carbonyl (C=O) groups is 1. The third kappa shape index (κ3) is 7.89. The lowest BCUT2D eigenvalue weighted by molar-refractivity contribution is -0.116. The minimum absolute atomic E-state index is 0.0670. The minimum atomic E-state index is -3.22. The van der Waals surface area contributed by atoms with E-state index in [4.69, 9.17) is 4.74 Å². The van der Waals surface area contributed by atoms with Crippen molar-refractivity contribution in [2.75, 3.05) is 11.9 Å². The van der Waals surface area contributed by atoms with Crippen molar-refractivity contribution in [3.8, 4) is 5.75 Å². The third-order valence-corrected chi connectivity index (χ3v) is 6.60. The summed E-state index contributed by atoms with van der Waals surface area (Å²) in [6.45, 7) is 3.64. The number of anilines is 1. The number of benzene rings is 1. The van der Waals surface area contributed by atoms with Gasteiger partial charge >= 0.3 is 0 Å². The van der Waals surface area contributed by atoms with Gasteiger partial charge in [-0.2, -0.15) is 0 Å². The van der Waals surface area contributed by atoms with Crippen molar-refractivity contribution in [1.82, 2.24) is 4.72 Å². The van der Waals surface area contributed by atoms with Crippen molar-refractivity contribution in [1.29, 1.82) is 0 Å². The number of hydrogen-bond acceptors (Lipinski definition) is 4. The average molecular weight is 397 g/mol. The molecule has 1 saturated carbocycles. The standard InChI is InChI=1S/C20H32N2O4S/c1-16(2)27(24,25)21-15-7-6-10-20(23)22-17-11-13-19(14-12-17)26-18-8-4-3-5-9-18/h11-14,16,18,21H,3-10,15H2,1-2H3,(H,22,23). The first-order chi connectivity index (χ1) is 12.9. The van der Waals surface area contributed by atoms with Crippen LogP contribution in [0.1, 0.15) is 65.2 Å². The lowest BCUT2D eigenvalue weighted by Gasteiger charge is -2.23. The Kier molecular flexibility index (Phi) is 8.57. The number of sulfonamides is 1. The molecule has 152 valence electrons. The third-order valence-electron chi connectivity index (χ3n) is 4.75. The van der Waals surface area contributed by atoms with Crippen LogP contribution in [0.15, 0.2) is 24.3 Å². The van der Waals surface area contributed by atoms with Crippen LogP contribution in [0.5, 0.6) is 5.75 Å². The average Bonchev–Trinajstić information content (AvgIpc) is 2.64. The number of rotatable bonds is 10. The van der Waals surface area contributed by atoms with Gasteiger partial charge in [0.2, 0.25) is 15.9 Å². The van der Waals surface area contributed by atoms with Crippen LogP contribution in [0.2, 0.25) is 0 Å². The van der Waals surface area contributed by atoms with Gasteiger partial charge in [-0.1, -0.05) is 6.42 Å². The van der Waals surface area contributed by atoms with Crippen LogP contribution in [0.4, 0.5) is 5.69 Å². The fourth-order valence-corrected chi connectivity index (χ4v) is 3.77. The van der Waals surface area contributed by atoms with Crippen LogP contribution in [0.25, 0.3) is 0 Å². The lowest BCUT2D eigenvalue weighted by atomic mass is 9.98. The van der Waals surface area contributed by atoms with Gasteiger partial charge < -0.3 is 10.1 Å². The molecule has 0 aromatic heterocycles. The molecule has 1 aromatic carbocycles. The molecule has 0 spiro atoms. The second kappa shape index (κ2) is 10.7. The molecule has 0 atom stereocenters. The highest BCUT2D eigenvalue weighted by Crippen LogP contribution is 2.24. The molecule has 0 unspecified atom stereocenters. The Balaban J connectivity index is 1.65. The number of nitrogens with one attached hydrogen (secondary N) is 2. The van der Waals surface area contributed by atoms with E-state index in [2.05, 4.69) is 10.0 Å². The first kappa shape index (κ1) is 21.7. The molecule has 1 fully saturated rings. The van der Waals surface area contributed by atoms with Crippen molar-refractivity contribution in [2.24, 2.45) is 0 Å². The molecule has 1 aliphatic carbocycles. The van der Waals surface area contributed by atoms with E-state index in [1.165, 1.54) is 19.3 Å². The van der Waals surface area contributed by atoms with E-state index in [-0.39, 0.29) is 5.91 Å². The summed E-state index contributed by atoms with van der Waals surface area (Å²) in [5, 5.41) is 2.43. The highest BCUT2D eigenvalue weighted by molar-refractivity contribution is 7.90. The van der Waals surface area contributed by atoms with E-state index < -0.39 is 15.3 Å². The van der Waals surface area contributed by atoms with E-state index in [1.54, 1.807) is 13.8 Å². The predicted octanol–water partition coefficient (Wildman–Crippen LogP) is 3.83. The van der Waals surface area contributed by atoms with Crippen molar-refractivity contribution in [2.45, 2.75) is 76.6 Å². The quantitative estimate of drug-likeness (QED) is 0.589. The Morgan fingerprint density at radius 2 is 1.78 bits per heavy atom. The zero-order valence-electron chi connectivity index (χ0n) is 16.4. The predicted molar refractivity (Wildman–Crippen MR) is 108 cm³/mol. The monoisotopic (exact) mass is 396 g/mol. The lowest BCUT2D eigenvalue weighted by Crippen LogP contribution is -2.31. The maximum absolute atomic E-state index is 12.0. The largest absolute Gasteiger partial charge is 0.490 e. The van der Waals surface area contributed by atoms with Gasteiger partial charge in [0.05, 0.1) is 11.4 Å². The van der Waals surface area contributed by atoms with Crippen LogP contribution >= 0.6 is 0 Å². The highest BCUT2D eigenvalue weighted by atomic mass is 32.2. The first-order valence-electron chi connectivity index (χ1n) is 9.92. The summed E-state index contributed by atoms with van der Waals surface area (Å²) in [5.74, 6) is 0.778. The molecular formula is C20H32N2O4S. The summed E-state index contributed by atoms with van der Waals surface area (Å²) in [6.07, 6.45) is 7.95. The number of ether oxygens (including phenoxy) is 1. The Bertz CT molecular complexity index is 680. The molecule has 0 radical (unpaired) electrons. The fraction of sp³-hybridized carbons (Fsp3) is 0.650. The minimum Gasteiger partial charge on any atom is -0.490 e. The van der Waals surface area contributed by atoms with Crippen LogP contribution in [-0.2, 0) is 14.8 Å². The molecule has 1 aliphatic rings. The number of hydrogen-bond donors (Lipinski definition) is 2. The van der Waals surface area contributed by atoms with Gasteiger partial charge in [-0.05, 0) is 76.6 Å². The smallest absolute Gasteiger partial charge is 0.224 e. The van der Waals surface area contributed by atoms with Gasteiger partial charge in [0.25, 0.3) is 0 Å². The summed E-state index contributed by atoms with van der Waals surface area (Å²) in [6, 6.07) is 7.50. The number of unbranched alkanes of at least 4 members (excludes halogenated alkanes) is 1. The normalized spacial score (nSPS) is 15.7. The fourth-order valence-electron chi connectivity index (χ4n) is 3.01. The number of carbonyl (C=O) groups excluding carboxylic acids is 1. The molecule has 0 aliphatic heterocycles. The molecule has 0 heterocycles.